The molecule has 33 heavy (non-hydrogen) atoms. The fraction of sp³-hybridized carbons (Fsp3) is 0.318. The minimum Gasteiger partial charge on any atom is -0.494 e. The van der Waals surface area contributed by atoms with Gasteiger partial charge in [0, 0.05) is 11.7 Å². The molecule has 2 aromatic carbocycles. The molecule has 1 N–H and O–H groups in total. The van der Waals surface area contributed by atoms with Gasteiger partial charge in [-0.3, -0.25) is 9.69 Å². The van der Waals surface area contributed by atoms with Gasteiger partial charge >= 0.3 is 17.7 Å². The lowest BCUT2D eigenvalue weighted by Gasteiger charge is -2.35. The highest BCUT2D eigenvalue weighted by atomic mass is 19.1. The van der Waals surface area contributed by atoms with Gasteiger partial charge in [-0.15, -0.1) is 4.68 Å². The molecule has 0 saturated heterocycles. The van der Waals surface area contributed by atoms with Crippen LogP contribution in [0.25, 0.3) is 5.69 Å². The fourth-order valence-corrected chi connectivity index (χ4v) is 4.12. The van der Waals surface area contributed by atoms with E-state index in [-0.39, 0.29) is 17.5 Å². The van der Waals surface area contributed by atoms with Crippen LogP contribution in [0.15, 0.2) is 53.3 Å². The largest absolute Gasteiger partial charge is 0.494 e. The predicted octanol–water partition coefficient (Wildman–Crippen LogP) is 2.69. The van der Waals surface area contributed by atoms with Gasteiger partial charge in [-0.2, -0.15) is 4.68 Å². The Kier molecular flexibility index (Phi) is 6.20. The molecule has 0 spiro atoms. The van der Waals surface area contributed by atoms with Crippen LogP contribution in [-0.2, 0) is 4.79 Å². The van der Waals surface area contributed by atoms with Gasteiger partial charge in [-0.25, -0.2) is 14.0 Å². The molecule has 1 aliphatic rings. The highest BCUT2D eigenvalue weighted by Crippen LogP contribution is 2.31. The second kappa shape index (κ2) is 9.23. The van der Waals surface area contributed by atoms with Crippen molar-refractivity contribution in [3.05, 3.63) is 64.8 Å². The lowest BCUT2D eigenvalue weighted by molar-refractivity contribution is -0.142. The summed E-state index contributed by atoms with van der Waals surface area (Å²) < 4.78 is 20.8. The first-order chi connectivity index (χ1) is 15.9. The molecule has 0 aliphatic heterocycles. The average molecular weight is 455 g/mol. The first-order valence-electron chi connectivity index (χ1n) is 10.4. The smallest absolute Gasteiger partial charge is 0.377 e. The number of aromatic nitrogens is 4. The number of benzene rings is 2. The van der Waals surface area contributed by atoms with Gasteiger partial charge in [0.2, 0.25) is 0 Å². The molecule has 1 heterocycles. The molecule has 11 heteroatoms. The number of carboxylic acid groups (broad SMARTS) is 1. The number of tetrazole rings is 1. The topological polar surface area (TPSA) is 120 Å². The Hall–Kier alpha value is -4.02. The van der Waals surface area contributed by atoms with Gasteiger partial charge < -0.3 is 9.84 Å². The SMILES string of the molecule is COc1cccc(F)c1-n1nnn(C(=O)N(c2ccccc2)[C@H]2CC[C@H](C(=O)O)CC2)c1=O. The van der Waals surface area contributed by atoms with Crippen LogP contribution in [0.2, 0.25) is 0 Å². The van der Waals surface area contributed by atoms with Crippen molar-refractivity contribution in [3.8, 4) is 11.4 Å². The zero-order valence-electron chi connectivity index (χ0n) is 17.8. The monoisotopic (exact) mass is 455 g/mol. The van der Waals surface area contributed by atoms with Crippen LogP contribution < -0.4 is 15.3 Å². The number of hydrogen-bond acceptors (Lipinski definition) is 6. The van der Waals surface area contributed by atoms with E-state index < -0.39 is 29.4 Å². The van der Waals surface area contributed by atoms with E-state index in [1.54, 1.807) is 30.3 Å². The molecular formula is C22H22FN5O5. The second-order valence-corrected chi connectivity index (χ2v) is 7.71. The molecule has 1 fully saturated rings. The number of carbonyl (C=O) groups excluding carboxylic acids is 1. The first-order valence-corrected chi connectivity index (χ1v) is 10.4. The average Bonchev–Trinajstić information content (AvgIpc) is 3.20. The van der Waals surface area contributed by atoms with E-state index in [1.807, 2.05) is 0 Å². The Morgan fingerprint density at radius 2 is 1.76 bits per heavy atom. The maximum absolute atomic E-state index is 14.5. The normalized spacial score (nSPS) is 18.0. The van der Waals surface area contributed by atoms with Crippen molar-refractivity contribution in [1.82, 2.24) is 19.8 Å². The maximum Gasteiger partial charge on any atom is 0.377 e. The highest BCUT2D eigenvalue weighted by molar-refractivity contribution is 5.93. The van der Waals surface area contributed by atoms with Crippen molar-refractivity contribution in [2.24, 2.45) is 5.92 Å². The Balaban J connectivity index is 1.72. The van der Waals surface area contributed by atoms with E-state index in [4.69, 9.17) is 4.74 Å². The van der Waals surface area contributed by atoms with E-state index in [1.165, 1.54) is 24.1 Å². The van der Waals surface area contributed by atoms with E-state index in [9.17, 15) is 23.9 Å². The molecule has 10 nitrogen and oxygen atoms in total. The molecule has 3 aromatic rings. The van der Waals surface area contributed by atoms with E-state index >= 15 is 0 Å². The summed E-state index contributed by atoms with van der Waals surface area (Å²) in [4.78, 5) is 39.3. The number of anilines is 1. The number of para-hydroxylation sites is 2. The molecular weight excluding hydrogens is 433 g/mol. The number of nitrogens with zero attached hydrogens (tertiary/aromatic N) is 5. The van der Waals surface area contributed by atoms with E-state index in [2.05, 4.69) is 10.4 Å². The molecule has 0 bridgehead atoms. The Bertz CT molecular complexity index is 1220. The van der Waals surface area contributed by atoms with Crippen molar-refractivity contribution in [2.45, 2.75) is 31.7 Å². The fourth-order valence-electron chi connectivity index (χ4n) is 4.12. The van der Waals surface area contributed by atoms with Gasteiger partial charge in [0.25, 0.3) is 0 Å². The van der Waals surface area contributed by atoms with Crippen molar-refractivity contribution in [1.29, 1.82) is 0 Å². The minimum atomic E-state index is -0.955. The Morgan fingerprint density at radius 3 is 2.39 bits per heavy atom. The second-order valence-electron chi connectivity index (χ2n) is 7.71. The number of hydrogen-bond donors (Lipinski definition) is 1. The summed E-state index contributed by atoms with van der Waals surface area (Å²) in [7, 11) is 1.32. The van der Waals surface area contributed by atoms with Crippen LogP contribution in [-0.4, -0.2) is 50.0 Å². The molecule has 1 aliphatic carbocycles. The summed E-state index contributed by atoms with van der Waals surface area (Å²) in [6, 6.07) is 11.7. The lowest BCUT2D eigenvalue weighted by Crippen LogP contribution is -2.48. The first kappa shape index (κ1) is 22.2. The summed E-state index contributed by atoms with van der Waals surface area (Å²) in [6.07, 6.45) is 1.71. The maximum atomic E-state index is 14.5. The minimum absolute atomic E-state index is 0.0588. The molecule has 4 rings (SSSR count). The van der Waals surface area contributed by atoms with Crippen molar-refractivity contribution < 1.29 is 23.8 Å². The Labute approximate surface area is 187 Å². The molecule has 172 valence electrons. The van der Waals surface area contributed by atoms with Crippen molar-refractivity contribution >= 4 is 17.7 Å². The number of carbonyl (C=O) groups is 2. The Morgan fingerprint density at radius 1 is 1.06 bits per heavy atom. The van der Waals surface area contributed by atoms with Crippen molar-refractivity contribution in [3.63, 3.8) is 0 Å². The molecule has 0 unspecified atom stereocenters. The summed E-state index contributed by atoms with van der Waals surface area (Å²) in [5.74, 6) is -2.03. The number of halogens is 1. The predicted molar refractivity (Wildman–Crippen MR) is 115 cm³/mol. The number of amides is 1. The summed E-state index contributed by atoms with van der Waals surface area (Å²) >= 11 is 0. The number of aliphatic carboxylic acids is 1. The number of methoxy groups -OCH3 is 1. The third kappa shape index (κ3) is 4.21. The highest BCUT2D eigenvalue weighted by Gasteiger charge is 2.34. The molecule has 1 saturated carbocycles. The van der Waals surface area contributed by atoms with Crippen LogP contribution in [0.3, 0.4) is 0 Å². The van der Waals surface area contributed by atoms with E-state index in [0.717, 1.165) is 6.07 Å². The molecule has 1 amide bonds. The third-order valence-electron chi connectivity index (χ3n) is 5.80. The van der Waals surface area contributed by atoms with Gasteiger partial charge in [0.05, 0.1) is 13.0 Å². The van der Waals surface area contributed by atoms with Crippen LogP contribution >= 0.6 is 0 Å². The van der Waals surface area contributed by atoms with Crippen LogP contribution in [0.5, 0.6) is 5.75 Å². The molecule has 0 radical (unpaired) electrons. The molecule has 0 atom stereocenters. The standard InChI is InChI=1S/C22H22FN5O5/c1-33-18-9-5-8-17(23)19(18)27-22(32)28(25-24-27)21(31)26(15-6-3-2-4-7-15)16-12-10-14(11-13-16)20(29)30/h2-9,14,16H,10-13H2,1H3,(H,29,30)/t14-,16-. The molecule has 1 aromatic heterocycles. The van der Waals surface area contributed by atoms with E-state index in [0.29, 0.717) is 40.7 Å². The van der Waals surface area contributed by atoms with Crippen LogP contribution in [0, 0.1) is 11.7 Å². The van der Waals surface area contributed by atoms with Gasteiger partial charge in [-0.1, -0.05) is 24.3 Å². The summed E-state index contributed by atoms with van der Waals surface area (Å²) in [6.45, 7) is 0. The van der Waals surface area contributed by atoms with Crippen LogP contribution in [0.1, 0.15) is 25.7 Å². The quantitative estimate of drug-likeness (QED) is 0.588. The zero-order chi connectivity index (χ0) is 23.5. The van der Waals surface area contributed by atoms with Gasteiger partial charge in [-0.05, 0) is 60.4 Å². The van der Waals surface area contributed by atoms with Gasteiger partial charge in [0.15, 0.2) is 5.82 Å². The third-order valence-corrected chi connectivity index (χ3v) is 5.80. The summed E-state index contributed by atoms with van der Waals surface area (Å²) in [5, 5.41) is 16.7. The number of carboxylic acids is 1. The number of rotatable bonds is 5. The van der Waals surface area contributed by atoms with Gasteiger partial charge in [0.1, 0.15) is 11.4 Å². The van der Waals surface area contributed by atoms with Crippen LogP contribution in [0.4, 0.5) is 14.9 Å². The number of ether oxygens (including phenoxy) is 1. The van der Waals surface area contributed by atoms with Crippen molar-refractivity contribution in [2.75, 3.05) is 12.0 Å². The lowest BCUT2D eigenvalue weighted by atomic mass is 9.85. The summed E-state index contributed by atoms with van der Waals surface area (Å²) in [5.41, 5.74) is -0.674. The zero-order valence-corrected chi connectivity index (χ0v) is 17.8.